The summed E-state index contributed by atoms with van der Waals surface area (Å²) in [6.07, 6.45) is 0. The lowest BCUT2D eigenvalue weighted by atomic mass is 10.2. The molecule has 0 heterocycles. The topological polar surface area (TPSA) is 113 Å². The highest BCUT2D eigenvalue weighted by atomic mass is 32.2. The van der Waals surface area contributed by atoms with E-state index in [0.29, 0.717) is 5.56 Å². The number of aliphatic carboxylic acids is 1. The molecule has 1 atom stereocenters. The number of carboxylic acid groups (broad SMARTS) is 1. The summed E-state index contributed by atoms with van der Waals surface area (Å²) in [5.74, 6) is -1.36. The van der Waals surface area contributed by atoms with Gasteiger partial charge in [-0.25, -0.2) is 8.42 Å². The Morgan fingerprint density at radius 1 is 1.47 bits per heavy atom. The molecular weight excluding hydrogens is 274 g/mol. The fourth-order valence-corrected chi connectivity index (χ4v) is 2.84. The summed E-state index contributed by atoms with van der Waals surface area (Å²) in [7, 11) is -2.79. The third-order valence-corrected chi connectivity index (χ3v) is 3.88. The molecule has 0 aliphatic carbocycles. The fourth-order valence-electron chi connectivity index (χ4n) is 1.41. The Balaban J connectivity index is 3.20. The highest BCUT2D eigenvalue weighted by Crippen LogP contribution is 2.24. The molecule has 8 heteroatoms. The lowest BCUT2D eigenvalue weighted by molar-refractivity contribution is -0.139. The Labute approximate surface area is 110 Å². The van der Waals surface area contributed by atoms with Gasteiger partial charge in [0.05, 0.1) is 13.7 Å². The number of aliphatic hydroxyl groups excluding tert-OH is 1. The zero-order chi connectivity index (χ0) is 14.6. The smallest absolute Gasteiger partial charge is 0.324 e. The van der Waals surface area contributed by atoms with E-state index in [-0.39, 0.29) is 10.6 Å². The standard InChI is InChI=1S/C11H15NO6S/c1-7-3-4-9(18-2)10(5-7)19(16,17)12-8(6-13)11(14)15/h3-5,8,12-13H,6H2,1-2H3,(H,14,15)/t8-/m1/s1. The minimum Gasteiger partial charge on any atom is -0.495 e. The number of ether oxygens (including phenoxy) is 1. The average Bonchev–Trinajstić information content (AvgIpc) is 2.35. The van der Waals surface area contributed by atoms with Crippen molar-refractivity contribution in [3.63, 3.8) is 0 Å². The number of benzene rings is 1. The largest absolute Gasteiger partial charge is 0.495 e. The first-order chi connectivity index (χ1) is 8.81. The molecule has 0 aromatic heterocycles. The molecule has 7 nitrogen and oxygen atoms in total. The molecule has 0 fully saturated rings. The predicted octanol–water partition coefficient (Wildman–Crippen LogP) is -0.273. The summed E-state index contributed by atoms with van der Waals surface area (Å²) in [6.45, 7) is 0.849. The number of aliphatic hydroxyl groups is 1. The number of rotatable bonds is 6. The molecule has 0 unspecified atom stereocenters. The zero-order valence-electron chi connectivity index (χ0n) is 10.5. The van der Waals surface area contributed by atoms with Crippen molar-refractivity contribution in [3.05, 3.63) is 23.8 Å². The minimum absolute atomic E-state index is 0.0974. The van der Waals surface area contributed by atoms with Crippen LogP contribution in [0.1, 0.15) is 5.56 Å². The number of carbonyl (C=O) groups is 1. The second-order valence-corrected chi connectivity index (χ2v) is 5.53. The van der Waals surface area contributed by atoms with Crippen molar-refractivity contribution in [2.24, 2.45) is 0 Å². The maximum absolute atomic E-state index is 12.1. The van der Waals surface area contributed by atoms with Crippen LogP contribution in [0, 0.1) is 6.92 Å². The Bertz CT molecular complexity index is 569. The summed E-state index contributed by atoms with van der Waals surface area (Å²) in [6, 6.07) is 2.89. The molecule has 106 valence electrons. The Kier molecular flexibility index (Phi) is 4.87. The summed E-state index contributed by atoms with van der Waals surface area (Å²) in [5, 5.41) is 17.6. The van der Waals surface area contributed by atoms with Crippen LogP contribution in [0.4, 0.5) is 0 Å². The zero-order valence-corrected chi connectivity index (χ0v) is 11.3. The summed E-state index contributed by atoms with van der Waals surface area (Å²) >= 11 is 0. The van der Waals surface area contributed by atoms with E-state index < -0.39 is 28.6 Å². The first-order valence-corrected chi connectivity index (χ1v) is 6.80. The third kappa shape index (κ3) is 3.66. The van der Waals surface area contributed by atoms with Crippen LogP contribution in [-0.4, -0.2) is 44.4 Å². The normalized spacial score (nSPS) is 13.0. The van der Waals surface area contributed by atoms with Gasteiger partial charge in [-0.3, -0.25) is 4.79 Å². The van der Waals surface area contributed by atoms with E-state index in [4.69, 9.17) is 14.9 Å². The monoisotopic (exact) mass is 289 g/mol. The minimum atomic E-state index is -4.10. The van der Waals surface area contributed by atoms with E-state index in [1.54, 1.807) is 13.0 Å². The Morgan fingerprint density at radius 3 is 2.58 bits per heavy atom. The molecule has 3 N–H and O–H groups in total. The van der Waals surface area contributed by atoms with Crippen molar-refractivity contribution in [3.8, 4) is 5.75 Å². The molecular formula is C11H15NO6S. The number of carboxylic acids is 1. The van der Waals surface area contributed by atoms with Crippen LogP contribution in [0.5, 0.6) is 5.75 Å². The maximum atomic E-state index is 12.1. The van der Waals surface area contributed by atoms with E-state index in [1.807, 2.05) is 4.72 Å². The second kappa shape index (κ2) is 6.00. The highest BCUT2D eigenvalue weighted by molar-refractivity contribution is 7.89. The number of methoxy groups -OCH3 is 1. The fraction of sp³-hybridized carbons (Fsp3) is 0.364. The Morgan fingerprint density at radius 2 is 2.11 bits per heavy atom. The summed E-state index contributed by atoms with van der Waals surface area (Å²) < 4.78 is 31.0. The van der Waals surface area contributed by atoms with E-state index in [2.05, 4.69) is 0 Å². The van der Waals surface area contributed by atoms with Crippen LogP contribution in [0.15, 0.2) is 23.1 Å². The van der Waals surface area contributed by atoms with Gasteiger partial charge < -0.3 is 14.9 Å². The average molecular weight is 289 g/mol. The van der Waals surface area contributed by atoms with Gasteiger partial charge in [0.15, 0.2) is 0 Å². The van der Waals surface area contributed by atoms with Gasteiger partial charge in [-0.2, -0.15) is 4.72 Å². The van der Waals surface area contributed by atoms with E-state index in [9.17, 15) is 13.2 Å². The lowest BCUT2D eigenvalue weighted by Gasteiger charge is -2.14. The molecule has 0 spiro atoms. The van der Waals surface area contributed by atoms with Crippen molar-refractivity contribution in [1.29, 1.82) is 0 Å². The predicted molar refractivity (Wildman–Crippen MR) is 66.6 cm³/mol. The number of hydrogen-bond acceptors (Lipinski definition) is 5. The Hall–Kier alpha value is -1.64. The molecule has 1 aromatic carbocycles. The van der Waals surface area contributed by atoms with Crippen molar-refractivity contribution < 1.29 is 28.2 Å². The first kappa shape index (κ1) is 15.4. The molecule has 0 amide bonds. The molecule has 1 aromatic rings. The maximum Gasteiger partial charge on any atom is 0.324 e. The van der Waals surface area contributed by atoms with Gasteiger partial charge in [0.25, 0.3) is 0 Å². The van der Waals surface area contributed by atoms with Crippen molar-refractivity contribution >= 4 is 16.0 Å². The second-order valence-electron chi connectivity index (χ2n) is 3.85. The molecule has 0 saturated carbocycles. The number of nitrogens with one attached hydrogen (secondary N) is 1. The molecule has 19 heavy (non-hydrogen) atoms. The number of sulfonamides is 1. The van der Waals surface area contributed by atoms with Gasteiger partial charge in [-0.1, -0.05) is 6.07 Å². The molecule has 1 rings (SSSR count). The van der Waals surface area contributed by atoms with Crippen LogP contribution in [-0.2, 0) is 14.8 Å². The highest BCUT2D eigenvalue weighted by Gasteiger charge is 2.27. The van der Waals surface area contributed by atoms with Crippen LogP contribution in [0.3, 0.4) is 0 Å². The van der Waals surface area contributed by atoms with E-state index in [0.717, 1.165) is 0 Å². The van der Waals surface area contributed by atoms with Crippen molar-refractivity contribution in [2.45, 2.75) is 17.9 Å². The van der Waals surface area contributed by atoms with Gasteiger partial charge in [-0.05, 0) is 24.6 Å². The third-order valence-electron chi connectivity index (χ3n) is 2.39. The molecule has 0 bridgehead atoms. The number of aryl methyl sites for hydroxylation is 1. The van der Waals surface area contributed by atoms with Crippen LogP contribution >= 0.6 is 0 Å². The van der Waals surface area contributed by atoms with Crippen molar-refractivity contribution in [1.82, 2.24) is 4.72 Å². The summed E-state index contributed by atoms with van der Waals surface area (Å²) in [4.78, 5) is 10.6. The summed E-state index contributed by atoms with van der Waals surface area (Å²) in [5.41, 5.74) is 0.678. The lowest BCUT2D eigenvalue weighted by Crippen LogP contribution is -2.43. The van der Waals surface area contributed by atoms with Crippen LogP contribution in [0.2, 0.25) is 0 Å². The van der Waals surface area contributed by atoms with Crippen LogP contribution in [0.25, 0.3) is 0 Å². The van der Waals surface area contributed by atoms with Crippen LogP contribution < -0.4 is 9.46 Å². The quantitative estimate of drug-likeness (QED) is 0.664. The van der Waals surface area contributed by atoms with E-state index >= 15 is 0 Å². The molecule has 0 aliphatic heterocycles. The number of hydrogen-bond donors (Lipinski definition) is 3. The van der Waals surface area contributed by atoms with Gasteiger partial charge >= 0.3 is 5.97 Å². The molecule has 0 aliphatic rings. The molecule has 0 radical (unpaired) electrons. The van der Waals surface area contributed by atoms with Gasteiger partial charge in [-0.15, -0.1) is 0 Å². The van der Waals surface area contributed by atoms with Crippen molar-refractivity contribution in [2.75, 3.05) is 13.7 Å². The SMILES string of the molecule is COc1ccc(C)cc1S(=O)(=O)N[C@H](CO)C(=O)O. The first-order valence-electron chi connectivity index (χ1n) is 5.32. The van der Waals surface area contributed by atoms with Gasteiger partial charge in [0.2, 0.25) is 10.0 Å². The van der Waals surface area contributed by atoms with Gasteiger partial charge in [0.1, 0.15) is 16.7 Å². The van der Waals surface area contributed by atoms with E-state index in [1.165, 1.54) is 19.2 Å². The molecule has 0 saturated heterocycles. The van der Waals surface area contributed by atoms with Gasteiger partial charge in [0, 0.05) is 0 Å².